The lowest BCUT2D eigenvalue weighted by Crippen LogP contribution is -2.09. The first kappa shape index (κ1) is 27.3. The molecule has 232 valence electrons. The molecule has 1 heterocycles. The molecule has 0 spiro atoms. The summed E-state index contributed by atoms with van der Waals surface area (Å²) >= 11 is 0. The highest BCUT2D eigenvalue weighted by atomic mass is 16.3. The Bertz CT molecular complexity index is 3010. The highest BCUT2D eigenvalue weighted by Crippen LogP contribution is 2.49. The standard InChI is InChI=1S/C48H29NO/c1-2-11-37(12-3-1)49(38-24-20-31(21-25-38)35-18-16-30-8-4-5-9-34(30)28-35)39-26-22-32(23-27-39)42-29-36-19-17-33-10-6-13-40-41-14-7-15-43-46(41)47(48(42)50-43)45(36)44(33)40/h1-29H. The number of rotatable bonds is 5. The summed E-state index contributed by atoms with van der Waals surface area (Å²) in [5.41, 5.74) is 9.88. The second-order valence-electron chi connectivity index (χ2n) is 13.3. The van der Waals surface area contributed by atoms with Crippen LogP contribution in [0.4, 0.5) is 17.1 Å². The van der Waals surface area contributed by atoms with Gasteiger partial charge in [-0.2, -0.15) is 0 Å². The van der Waals surface area contributed by atoms with E-state index in [1.165, 1.54) is 65.0 Å². The molecule has 0 aliphatic heterocycles. The van der Waals surface area contributed by atoms with E-state index in [0.717, 1.165) is 39.4 Å². The molecular weight excluding hydrogens is 607 g/mol. The van der Waals surface area contributed by atoms with E-state index in [1.54, 1.807) is 0 Å². The predicted molar refractivity (Wildman–Crippen MR) is 212 cm³/mol. The van der Waals surface area contributed by atoms with Crippen molar-refractivity contribution >= 4 is 82.1 Å². The van der Waals surface area contributed by atoms with E-state index in [1.807, 2.05) is 0 Å². The number of furan rings is 1. The summed E-state index contributed by atoms with van der Waals surface area (Å²) in [5.74, 6) is 0. The number of fused-ring (bicyclic) bond motifs is 2. The molecule has 0 saturated carbocycles. The fraction of sp³-hybridized carbons (Fsp3) is 0. The molecule has 11 rings (SSSR count). The SMILES string of the molecule is c1ccc(N(c2ccc(-c3ccc4ccccc4c3)cc2)c2ccc(-c3cc4ccc5cccc6c7cccc8oc3c(c87)c4c56)cc2)cc1. The van der Waals surface area contributed by atoms with Gasteiger partial charge >= 0.3 is 0 Å². The molecule has 0 fully saturated rings. The molecule has 1 aromatic heterocycles. The fourth-order valence-corrected chi connectivity index (χ4v) is 8.23. The van der Waals surface area contributed by atoms with E-state index < -0.39 is 0 Å². The first-order valence-electron chi connectivity index (χ1n) is 17.2. The number of benzene rings is 10. The molecule has 0 unspecified atom stereocenters. The largest absolute Gasteiger partial charge is 0.455 e. The van der Waals surface area contributed by atoms with Crippen LogP contribution < -0.4 is 4.90 Å². The first-order valence-corrected chi connectivity index (χ1v) is 17.2. The van der Waals surface area contributed by atoms with Gasteiger partial charge in [-0.15, -0.1) is 0 Å². The van der Waals surface area contributed by atoms with E-state index in [2.05, 4.69) is 181 Å². The number of anilines is 3. The first-order chi connectivity index (χ1) is 24.8. The Balaban J connectivity index is 1.03. The summed E-state index contributed by atoms with van der Waals surface area (Å²) in [6.45, 7) is 0. The van der Waals surface area contributed by atoms with Crippen LogP contribution in [0.5, 0.6) is 0 Å². The van der Waals surface area contributed by atoms with Crippen LogP contribution in [0.15, 0.2) is 180 Å². The monoisotopic (exact) mass is 635 g/mol. The summed E-state index contributed by atoms with van der Waals surface area (Å²) in [6.07, 6.45) is 0. The maximum absolute atomic E-state index is 6.74. The highest BCUT2D eigenvalue weighted by Gasteiger charge is 2.23. The molecule has 2 heteroatoms. The lowest BCUT2D eigenvalue weighted by atomic mass is 9.87. The molecule has 2 nitrogen and oxygen atoms in total. The summed E-state index contributed by atoms with van der Waals surface area (Å²) in [6, 6.07) is 63.6. The van der Waals surface area contributed by atoms with E-state index in [9.17, 15) is 0 Å². The zero-order valence-electron chi connectivity index (χ0n) is 27.1. The average molecular weight is 636 g/mol. The van der Waals surface area contributed by atoms with Crippen LogP contribution in [0.1, 0.15) is 0 Å². The zero-order valence-corrected chi connectivity index (χ0v) is 27.1. The molecular formula is C48H29NO. The van der Waals surface area contributed by atoms with Gasteiger partial charge in [0.2, 0.25) is 0 Å². The number of para-hydroxylation sites is 1. The molecule has 0 bridgehead atoms. The molecule has 0 aliphatic rings. The van der Waals surface area contributed by atoms with Gasteiger partial charge in [0.15, 0.2) is 0 Å². The third kappa shape index (κ3) is 3.96. The lowest BCUT2D eigenvalue weighted by molar-refractivity contribution is 0.670. The molecule has 10 aromatic carbocycles. The van der Waals surface area contributed by atoms with Crippen molar-refractivity contribution in [2.75, 3.05) is 4.90 Å². The Morgan fingerprint density at radius 2 is 0.940 bits per heavy atom. The third-order valence-corrected chi connectivity index (χ3v) is 10.5. The molecule has 0 saturated heterocycles. The van der Waals surface area contributed by atoms with Crippen molar-refractivity contribution in [1.29, 1.82) is 0 Å². The van der Waals surface area contributed by atoms with Crippen molar-refractivity contribution in [1.82, 2.24) is 0 Å². The van der Waals surface area contributed by atoms with Crippen molar-refractivity contribution in [2.45, 2.75) is 0 Å². The van der Waals surface area contributed by atoms with Crippen LogP contribution >= 0.6 is 0 Å². The van der Waals surface area contributed by atoms with E-state index in [4.69, 9.17) is 4.42 Å². The summed E-state index contributed by atoms with van der Waals surface area (Å²) in [7, 11) is 0. The van der Waals surface area contributed by atoms with Crippen LogP contribution in [-0.2, 0) is 0 Å². The zero-order chi connectivity index (χ0) is 32.8. The van der Waals surface area contributed by atoms with Gasteiger partial charge in [-0.3, -0.25) is 0 Å². The Labute approximate surface area is 288 Å². The van der Waals surface area contributed by atoms with Gasteiger partial charge < -0.3 is 9.32 Å². The minimum Gasteiger partial charge on any atom is -0.455 e. The van der Waals surface area contributed by atoms with E-state index >= 15 is 0 Å². The Morgan fingerprint density at radius 3 is 1.74 bits per heavy atom. The molecule has 0 amide bonds. The maximum Gasteiger partial charge on any atom is 0.143 e. The Hall–Kier alpha value is -6.64. The van der Waals surface area contributed by atoms with Crippen LogP contribution in [0.3, 0.4) is 0 Å². The quantitative estimate of drug-likeness (QED) is 0.138. The third-order valence-electron chi connectivity index (χ3n) is 10.5. The van der Waals surface area contributed by atoms with Gasteiger partial charge in [0, 0.05) is 38.8 Å². The van der Waals surface area contributed by atoms with Crippen molar-refractivity contribution in [2.24, 2.45) is 0 Å². The topological polar surface area (TPSA) is 16.4 Å². The van der Waals surface area contributed by atoms with Crippen LogP contribution in [0, 0.1) is 0 Å². The second-order valence-corrected chi connectivity index (χ2v) is 13.3. The van der Waals surface area contributed by atoms with Crippen LogP contribution in [-0.4, -0.2) is 0 Å². The fourth-order valence-electron chi connectivity index (χ4n) is 8.23. The minimum absolute atomic E-state index is 0.941. The summed E-state index contributed by atoms with van der Waals surface area (Å²) in [5, 5.41) is 12.6. The van der Waals surface area contributed by atoms with Crippen molar-refractivity contribution < 1.29 is 4.42 Å². The maximum atomic E-state index is 6.74. The molecule has 0 radical (unpaired) electrons. The number of hydrogen-bond acceptors (Lipinski definition) is 2. The molecule has 0 atom stereocenters. The number of hydrogen-bond donors (Lipinski definition) is 0. The normalized spacial score (nSPS) is 12.0. The highest BCUT2D eigenvalue weighted by molar-refractivity contribution is 6.40. The summed E-state index contributed by atoms with van der Waals surface area (Å²) < 4.78 is 6.74. The van der Waals surface area contributed by atoms with Gasteiger partial charge in [0.05, 0.1) is 0 Å². The second kappa shape index (κ2) is 10.4. The minimum atomic E-state index is 0.941. The smallest absolute Gasteiger partial charge is 0.143 e. The average Bonchev–Trinajstić information content (AvgIpc) is 3.58. The van der Waals surface area contributed by atoms with Gasteiger partial charge in [0.1, 0.15) is 11.2 Å². The Morgan fingerprint density at radius 1 is 0.340 bits per heavy atom. The van der Waals surface area contributed by atoms with Crippen LogP contribution in [0.25, 0.3) is 87.3 Å². The predicted octanol–water partition coefficient (Wildman–Crippen LogP) is 13.9. The Kier molecular flexibility index (Phi) is 5.70. The van der Waals surface area contributed by atoms with Crippen molar-refractivity contribution in [3.05, 3.63) is 176 Å². The van der Waals surface area contributed by atoms with Crippen molar-refractivity contribution in [3.63, 3.8) is 0 Å². The van der Waals surface area contributed by atoms with E-state index in [-0.39, 0.29) is 0 Å². The van der Waals surface area contributed by atoms with Gasteiger partial charge in [-0.25, -0.2) is 0 Å². The van der Waals surface area contributed by atoms with Gasteiger partial charge in [-0.1, -0.05) is 121 Å². The summed E-state index contributed by atoms with van der Waals surface area (Å²) in [4.78, 5) is 2.32. The van der Waals surface area contributed by atoms with Crippen LogP contribution in [0.2, 0.25) is 0 Å². The van der Waals surface area contributed by atoms with Gasteiger partial charge in [-0.05, 0) is 109 Å². The van der Waals surface area contributed by atoms with E-state index in [0.29, 0.717) is 0 Å². The number of nitrogens with zero attached hydrogens (tertiary/aromatic N) is 1. The molecule has 0 N–H and O–H groups in total. The van der Waals surface area contributed by atoms with Gasteiger partial charge in [0.25, 0.3) is 0 Å². The van der Waals surface area contributed by atoms with Crippen molar-refractivity contribution in [3.8, 4) is 22.3 Å². The molecule has 0 aliphatic carbocycles. The lowest BCUT2D eigenvalue weighted by Gasteiger charge is -2.26. The molecule has 11 aromatic rings. The molecule has 50 heavy (non-hydrogen) atoms.